The molecule has 0 unspecified atom stereocenters. The molecule has 6 heteroatoms. The zero-order valence-electron chi connectivity index (χ0n) is 18.3. The van der Waals surface area contributed by atoms with E-state index in [1.807, 2.05) is 63.2 Å². The molecule has 1 aromatic heterocycles. The van der Waals surface area contributed by atoms with Gasteiger partial charge in [0.1, 0.15) is 5.84 Å². The smallest absolute Gasteiger partial charge is 0.204 e. The minimum absolute atomic E-state index is 0.256. The van der Waals surface area contributed by atoms with Crippen LogP contribution in [0.15, 0.2) is 47.5 Å². The number of aliphatic imine (C=N–C) groups is 1. The molecule has 0 radical (unpaired) electrons. The van der Waals surface area contributed by atoms with Crippen molar-refractivity contribution in [2.24, 2.45) is 4.99 Å². The predicted molar refractivity (Wildman–Crippen MR) is 123 cm³/mol. The second kappa shape index (κ2) is 6.97. The molecule has 3 heterocycles. The lowest BCUT2D eigenvalue weighted by atomic mass is 9.86. The number of aryl methyl sites for hydroxylation is 2. The van der Waals surface area contributed by atoms with Crippen molar-refractivity contribution < 1.29 is 9.90 Å². The van der Waals surface area contributed by atoms with Crippen LogP contribution in [-0.4, -0.2) is 52.9 Å². The van der Waals surface area contributed by atoms with E-state index in [1.54, 1.807) is 0 Å². The Balaban J connectivity index is 1.57. The third kappa shape index (κ3) is 3.14. The van der Waals surface area contributed by atoms with E-state index in [0.29, 0.717) is 30.1 Å². The van der Waals surface area contributed by atoms with Crippen LogP contribution in [0.1, 0.15) is 33.6 Å². The molecule has 0 saturated carbocycles. The van der Waals surface area contributed by atoms with Crippen molar-refractivity contribution in [2.45, 2.75) is 32.4 Å². The van der Waals surface area contributed by atoms with Gasteiger partial charge in [-0.3, -0.25) is 9.78 Å². The molecule has 158 valence electrons. The molecule has 0 amide bonds. The Morgan fingerprint density at radius 2 is 1.87 bits per heavy atom. The topological polar surface area (TPSA) is 69.0 Å². The Bertz CT molecular complexity index is 1260. The van der Waals surface area contributed by atoms with Gasteiger partial charge in [-0.1, -0.05) is 6.07 Å². The average molecular weight is 415 g/mol. The largest absolute Gasteiger partial charge is 0.374 e. The molecule has 2 aromatic carbocycles. The number of fused-ring (bicyclic) bond motifs is 3. The summed E-state index contributed by atoms with van der Waals surface area (Å²) >= 11 is 0. The van der Waals surface area contributed by atoms with Crippen molar-refractivity contribution in [2.75, 3.05) is 25.5 Å². The number of benzene rings is 2. The first-order valence-corrected chi connectivity index (χ1v) is 10.6. The first-order chi connectivity index (χ1) is 14.8. The highest BCUT2D eigenvalue weighted by molar-refractivity contribution is 6.28. The van der Waals surface area contributed by atoms with Crippen LogP contribution in [0.4, 0.5) is 11.4 Å². The summed E-state index contributed by atoms with van der Waals surface area (Å²) < 4.78 is 0. The van der Waals surface area contributed by atoms with Gasteiger partial charge in [-0.25, -0.2) is 4.99 Å². The van der Waals surface area contributed by atoms with E-state index in [2.05, 4.69) is 17.0 Å². The number of ketones is 1. The van der Waals surface area contributed by atoms with Crippen LogP contribution < -0.4 is 4.90 Å². The lowest BCUT2D eigenvalue weighted by Gasteiger charge is -2.30. The quantitative estimate of drug-likeness (QED) is 0.706. The summed E-state index contributed by atoms with van der Waals surface area (Å²) in [4.78, 5) is 26.8. The van der Waals surface area contributed by atoms with Crippen LogP contribution in [0.2, 0.25) is 0 Å². The summed E-state index contributed by atoms with van der Waals surface area (Å²) in [5, 5.41) is 12.3. The molecule has 1 N–H and O–H groups in total. The van der Waals surface area contributed by atoms with E-state index in [9.17, 15) is 9.90 Å². The van der Waals surface area contributed by atoms with Crippen LogP contribution in [0, 0.1) is 13.8 Å². The zero-order valence-corrected chi connectivity index (χ0v) is 18.3. The summed E-state index contributed by atoms with van der Waals surface area (Å²) in [7, 11) is 4.05. The van der Waals surface area contributed by atoms with Crippen molar-refractivity contribution >= 4 is 33.9 Å². The second-order valence-corrected chi connectivity index (χ2v) is 8.90. The molecular formula is C25H26N4O2. The van der Waals surface area contributed by atoms with Gasteiger partial charge < -0.3 is 14.9 Å². The minimum atomic E-state index is -1.57. The van der Waals surface area contributed by atoms with Crippen molar-refractivity contribution in [3.05, 3.63) is 64.8 Å². The molecule has 31 heavy (non-hydrogen) atoms. The van der Waals surface area contributed by atoms with Crippen LogP contribution in [0.25, 0.3) is 10.9 Å². The van der Waals surface area contributed by atoms with E-state index < -0.39 is 5.60 Å². The molecule has 3 aromatic rings. The first-order valence-electron chi connectivity index (χ1n) is 10.6. The number of amidine groups is 1. The summed E-state index contributed by atoms with van der Waals surface area (Å²) in [6, 6.07) is 13.9. The van der Waals surface area contributed by atoms with Gasteiger partial charge in [-0.15, -0.1) is 0 Å². The predicted octanol–water partition coefficient (Wildman–Crippen LogP) is 3.78. The van der Waals surface area contributed by atoms with Crippen molar-refractivity contribution in [1.82, 2.24) is 9.88 Å². The molecule has 0 spiro atoms. The molecule has 2 aliphatic rings. The van der Waals surface area contributed by atoms with Gasteiger partial charge in [0.05, 0.1) is 16.9 Å². The maximum atomic E-state index is 13.2. The highest BCUT2D eigenvalue weighted by Gasteiger charge is 2.52. The molecule has 2 aliphatic heterocycles. The Labute approximate surface area is 181 Å². The lowest BCUT2D eigenvalue weighted by Crippen LogP contribution is -2.48. The molecule has 1 atom stereocenters. The van der Waals surface area contributed by atoms with Gasteiger partial charge in [-0.2, -0.15) is 0 Å². The standard InChI is InChI=1S/C25H26N4O2/c1-15-11-20-22(12-16(15)2)27-24-25(31,23(20)30)9-10-29(24)19-7-8-21-17(13-19)5-6-18(26-21)14-28(3)4/h5-8,11-13,31H,9-10,14H2,1-4H3/t25-/m1/s1. The van der Waals surface area contributed by atoms with Crippen LogP contribution >= 0.6 is 0 Å². The molecule has 0 aliphatic carbocycles. The van der Waals surface area contributed by atoms with Gasteiger partial charge in [0.2, 0.25) is 5.78 Å². The summed E-state index contributed by atoms with van der Waals surface area (Å²) in [6.45, 7) is 5.30. The highest BCUT2D eigenvalue weighted by atomic mass is 16.3. The van der Waals surface area contributed by atoms with Gasteiger partial charge in [0.25, 0.3) is 0 Å². The number of nitrogens with zero attached hydrogens (tertiary/aromatic N) is 4. The molecule has 0 bridgehead atoms. The van der Waals surface area contributed by atoms with E-state index >= 15 is 0 Å². The van der Waals surface area contributed by atoms with E-state index in [-0.39, 0.29) is 5.78 Å². The molecule has 5 rings (SSSR count). The van der Waals surface area contributed by atoms with Gasteiger partial charge >= 0.3 is 0 Å². The fraction of sp³-hybridized carbons (Fsp3) is 0.320. The van der Waals surface area contributed by atoms with E-state index in [4.69, 9.17) is 9.98 Å². The van der Waals surface area contributed by atoms with Gasteiger partial charge in [0.15, 0.2) is 5.60 Å². The molecule has 1 saturated heterocycles. The molecule has 6 nitrogen and oxygen atoms in total. The number of anilines is 1. The Morgan fingerprint density at radius 1 is 1.10 bits per heavy atom. The third-order valence-corrected chi connectivity index (χ3v) is 6.30. The Morgan fingerprint density at radius 3 is 2.65 bits per heavy atom. The van der Waals surface area contributed by atoms with E-state index in [0.717, 1.165) is 40.0 Å². The number of hydrogen-bond donors (Lipinski definition) is 1. The highest BCUT2D eigenvalue weighted by Crippen LogP contribution is 2.40. The number of carbonyl (C=O) groups excluding carboxylic acids is 1. The number of aromatic nitrogens is 1. The summed E-state index contributed by atoms with van der Waals surface area (Å²) in [5.74, 6) is 0.165. The average Bonchev–Trinajstić information content (AvgIpc) is 3.07. The van der Waals surface area contributed by atoms with Crippen LogP contribution in [0.3, 0.4) is 0 Å². The van der Waals surface area contributed by atoms with Gasteiger partial charge in [-0.05, 0) is 75.5 Å². The fourth-order valence-corrected chi connectivity index (χ4v) is 4.48. The zero-order chi connectivity index (χ0) is 21.9. The number of aliphatic hydroxyl groups is 1. The monoisotopic (exact) mass is 414 g/mol. The fourth-order valence-electron chi connectivity index (χ4n) is 4.48. The number of Topliss-reactive ketones (excluding diaryl/α,β-unsaturated/α-hetero) is 1. The Kier molecular flexibility index (Phi) is 4.46. The number of hydrogen-bond acceptors (Lipinski definition) is 6. The Hall–Kier alpha value is -3.09. The second-order valence-electron chi connectivity index (χ2n) is 8.90. The SMILES string of the molecule is Cc1cc2c(cc1C)C(=O)[C@]1(O)CCN(c3ccc4nc(CN(C)C)ccc4c3)C1=N2. The maximum absolute atomic E-state index is 13.2. The van der Waals surface area contributed by atoms with Crippen LogP contribution in [-0.2, 0) is 6.54 Å². The number of pyridine rings is 1. The third-order valence-electron chi connectivity index (χ3n) is 6.30. The van der Waals surface area contributed by atoms with E-state index in [1.165, 1.54) is 0 Å². The number of carbonyl (C=O) groups is 1. The van der Waals surface area contributed by atoms with Crippen molar-refractivity contribution in [1.29, 1.82) is 0 Å². The normalized spacial score (nSPS) is 20.3. The van der Waals surface area contributed by atoms with Crippen molar-refractivity contribution in [3.8, 4) is 0 Å². The van der Waals surface area contributed by atoms with Crippen molar-refractivity contribution in [3.63, 3.8) is 0 Å². The molecular weight excluding hydrogens is 388 g/mol. The first kappa shape index (κ1) is 19.8. The maximum Gasteiger partial charge on any atom is 0.204 e. The molecule has 1 fully saturated rings. The minimum Gasteiger partial charge on any atom is -0.374 e. The summed E-state index contributed by atoms with van der Waals surface area (Å²) in [6.07, 6.45) is 0.328. The van der Waals surface area contributed by atoms with Gasteiger partial charge in [0, 0.05) is 36.1 Å². The summed E-state index contributed by atoms with van der Waals surface area (Å²) in [5.41, 5.74) is 4.53. The lowest BCUT2D eigenvalue weighted by molar-refractivity contribution is 0.0602. The van der Waals surface area contributed by atoms with Crippen LogP contribution in [0.5, 0.6) is 0 Å². The number of rotatable bonds is 3.